The van der Waals surface area contributed by atoms with Gasteiger partial charge in [0.05, 0.1) is 13.2 Å². The summed E-state index contributed by atoms with van der Waals surface area (Å²) in [6.07, 6.45) is 0.719. The summed E-state index contributed by atoms with van der Waals surface area (Å²) in [5.74, 6) is 0. The van der Waals surface area contributed by atoms with Crippen LogP contribution in [0.3, 0.4) is 0 Å². The van der Waals surface area contributed by atoms with Gasteiger partial charge in [0.1, 0.15) is 0 Å². The second kappa shape index (κ2) is 3.89. The summed E-state index contributed by atoms with van der Waals surface area (Å²) in [7, 11) is 0. The maximum absolute atomic E-state index is 9.02. The van der Waals surface area contributed by atoms with E-state index in [2.05, 4.69) is 0 Å². The Bertz CT molecular complexity index is 321. The van der Waals surface area contributed by atoms with Crippen LogP contribution in [0.4, 0.5) is 0 Å². The minimum absolute atomic E-state index is 0.0485. The van der Waals surface area contributed by atoms with Crippen LogP contribution in [0.15, 0.2) is 24.3 Å². The molecule has 1 heterocycles. The second-order valence-corrected chi connectivity index (χ2v) is 4.13. The van der Waals surface area contributed by atoms with Crippen molar-refractivity contribution in [1.82, 2.24) is 0 Å². The molecule has 2 rings (SSSR count). The predicted molar refractivity (Wildman–Crippen MR) is 55.7 cm³/mol. The second-order valence-electron chi connectivity index (χ2n) is 3.73. The smallest absolute Gasteiger partial charge is 0.0587 e. The molecule has 0 spiro atoms. The lowest BCUT2D eigenvalue weighted by Crippen LogP contribution is -2.47. The maximum Gasteiger partial charge on any atom is 0.0587 e. The molecule has 0 aliphatic carbocycles. The molecule has 1 aromatic rings. The highest BCUT2D eigenvalue weighted by molar-refractivity contribution is 6.31. The van der Waals surface area contributed by atoms with E-state index in [1.165, 1.54) is 0 Å². The molecule has 0 radical (unpaired) electrons. The molecule has 1 aliphatic heterocycles. The zero-order valence-corrected chi connectivity index (χ0v) is 8.63. The molecule has 1 saturated heterocycles. The number of benzene rings is 1. The third-order valence-electron chi connectivity index (χ3n) is 2.79. The molecule has 0 amide bonds. The molecule has 1 aromatic carbocycles. The number of hydrogen-bond donors (Lipinski definition) is 1. The van der Waals surface area contributed by atoms with Crippen molar-refractivity contribution in [2.75, 3.05) is 19.8 Å². The molecule has 0 aromatic heterocycles. The Balaban J connectivity index is 2.32. The highest BCUT2D eigenvalue weighted by Gasteiger charge is 2.40. The van der Waals surface area contributed by atoms with E-state index in [0.717, 1.165) is 17.0 Å². The first-order valence-corrected chi connectivity index (χ1v) is 5.10. The topological polar surface area (TPSA) is 29.5 Å². The highest BCUT2D eigenvalue weighted by atomic mass is 35.5. The van der Waals surface area contributed by atoms with Crippen LogP contribution in [0, 0.1) is 0 Å². The van der Waals surface area contributed by atoms with E-state index in [4.69, 9.17) is 21.4 Å². The normalized spacial score (nSPS) is 19.0. The summed E-state index contributed by atoms with van der Waals surface area (Å²) in [6.45, 7) is 1.50. The summed E-state index contributed by atoms with van der Waals surface area (Å²) in [5.41, 5.74) is 1.05. The lowest BCUT2D eigenvalue weighted by atomic mass is 9.76. The highest BCUT2D eigenvalue weighted by Crippen LogP contribution is 2.38. The third-order valence-corrected chi connectivity index (χ3v) is 3.12. The van der Waals surface area contributed by atoms with Gasteiger partial charge in [0, 0.05) is 17.0 Å². The fourth-order valence-electron chi connectivity index (χ4n) is 1.89. The Morgan fingerprint density at radius 2 is 2.07 bits per heavy atom. The largest absolute Gasteiger partial charge is 0.396 e. The van der Waals surface area contributed by atoms with E-state index >= 15 is 0 Å². The molecule has 1 N–H and O–H groups in total. The molecular formula is C11H13ClO2. The number of rotatable bonds is 3. The van der Waals surface area contributed by atoms with E-state index in [-0.39, 0.29) is 12.0 Å². The quantitative estimate of drug-likeness (QED) is 0.831. The van der Waals surface area contributed by atoms with E-state index in [1.54, 1.807) is 0 Å². The Hall–Kier alpha value is -0.570. The molecule has 3 heteroatoms. The molecule has 14 heavy (non-hydrogen) atoms. The standard InChI is InChI=1S/C11H13ClO2/c12-10-4-2-1-3-9(10)11(5-6-13)7-14-8-11/h1-4,13H,5-8H2. The van der Waals surface area contributed by atoms with Gasteiger partial charge in [0.15, 0.2) is 0 Å². The minimum atomic E-state index is -0.0485. The van der Waals surface area contributed by atoms with Gasteiger partial charge >= 0.3 is 0 Å². The van der Waals surface area contributed by atoms with Crippen LogP contribution in [0.1, 0.15) is 12.0 Å². The van der Waals surface area contributed by atoms with Gasteiger partial charge < -0.3 is 9.84 Å². The summed E-state index contributed by atoms with van der Waals surface area (Å²) in [6, 6.07) is 7.78. The zero-order valence-electron chi connectivity index (χ0n) is 7.87. The molecule has 0 bridgehead atoms. The Kier molecular flexibility index (Phi) is 2.77. The van der Waals surface area contributed by atoms with Gasteiger partial charge in [-0.3, -0.25) is 0 Å². The van der Waals surface area contributed by atoms with Crippen molar-refractivity contribution in [2.24, 2.45) is 0 Å². The van der Waals surface area contributed by atoms with Gasteiger partial charge in [-0.15, -0.1) is 0 Å². The lowest BCUT2D eigenvalue weighted by molar-refractivity contribution is -0.0700. The number of ether oxygens (including phenoxy) is 1. The molecule has 2 nitrogen and oxygen atoms in total. The molecule has 1 aliphatic rings. The monoisotopic (exact) mass is 212 g/mol. The Morgan fingerprint density at radius 1 is 1.36 bits per heavy atom. The average Bonchev–Trinajstić information content (AvgIpc) is 2.13. The van der Waals surface area contributed by atoms with Gasteiger partial charge in [0.2, 0.25) is 0 Å². The van der Waals surface area contributed by atoms with Crippen molar-refractivity contribution >= 4 is 11.6 Å². The van der Waals surface area contributed by atoms with E-state index < -0.39 is 0 Å². The van der Waals surface area contributed by atoms with Gasteiger partial charge in [0.25, 0.3) is 0 Å². The fraction of sp³-hybridized carbons (Fsp3) is 0.455. The number of aliphatic hydroxyl groups excluding tert-OH is 1. The lowest BCUT2D eigenvalue weighted by Gasteiger charge is -2.42. The first kappa shape index (κ1) is 9.97. The van der Waals surface area contributed by atoms with Crippen LogP contribution >= 0.6 is 11.6 Å². The van der Waals surface area contributed by atoms with Gasteiger partial charge in [-0.1, -0.05) is 29.8 Å². The summed E-state index contributed by atoms with van der Waals surface area (Å²) in [4.78, 5) is 0. The van der Waals surface area contributed by atoms with Crippen molar-refractivity contribution < 1.29 is 9.84 Å². The van der Waals surface area contributed by atoms with Crippen LogP contribution in [0.25, 0.3) is 0 Å². The van der Waals surface area contributed by atoms with Gasteiger partial charge in [-0.05, 0) is 18.1 Å². The number of hydrogen-bond acceptors (Lipinski definition) is 2. The first-order chi connectivity index (χ1) is 6.78. The van der Waals surface area contributed by atoms with Gasteiger partial charge in [-0.2, -0.15) is 0 Å². The average molecular weight is 213 g/mol. The molecular weight excluding hydrogens is 200 g/mol. The van der Waals surface area contributed by atoms with E-state index in [9.17, 15) is 0 Å². The first-order valence-electron chi connectivity index (χ1n) is 4.72. The zero-order chi connectivity index (χ0) is 10.0. The summed E-state index contributed by atoms with van der Waals surface area (Å²) >= 11 is 6.12. The Morgan fingerprint density at radius 3 is 2.57 bits per heavy atom. The van der Waals surface area contributed by atoms with Crippen LogP contribution < -0.4 is 0 Å². The van der Waals surface area contributed by atoms with Crippen LogP contribution in [-0.2, 0) is 10.2 Å². The molecule has 0 unspecified atom stereocenters. The van der Waals surface area contributed by atoms with Gasteiger partial charge in [-0.25, -0.2) is 0 Å². The van der Waals surface area contributed by atoms with Crippen LogP contribution in [0.5, 0.6) is 0 Å². The fourth-order valence-corrected chi connectivity index (χ4v) is 2.22. The molecule has 0 saturated carbocycles. The van der Waals surface area contributed by atoms with Crippen molar-refractivity contribution in [1.29, 1.82) is 0 Å². The van der Waals surface area contributed by atoms with Crippen LogP contribution in [0.2, 0.25) is 5.02 Å². The molecule has 0 atom stereocenters. The van der Waals surface area contributed by atoms with Crippen molar-refractivity contribution in [3.8, 4) is 0 Å². The van der Waals surface area contributed by atoms with Crippen LogP contribution in [-0.4, -0.2) is 24.9 Å². The SMILES string of the molecule is OCCC1(c2ccccc2Cl)COC1. The van der Waals surface area contributed by atoms with E-state index in [0.29, 0.717) is 13.2 Å². The Labute approximate surface area is 88.5 Å². The molecule has 1 fully saturated rings. The predicted octanol–water partition coefficient (Wildman–Crippen LogP) is 1.99. The molecule has 76 valence electrons. The van der Waals surface area contributed by atoms with Crippen molar-refractivity contribution in [3.05, 3.63) is 34.9 Å². The van der Waals surface area contributed by atoms with E-state index in [1.807, 2.05) is 24.3 Å². The third kappa shape index (κ3) is 1.54. The minimum Gasteiger partial charge on any atom is -0.396 e. The number of aliphatic hydroxyl groups is 1. The summed E-state index contributed by atoms with van der Waals surface area (Å²) < 4.78 is 5.23. The van der Waals surface area contributed by atoms with Crippen molar-refractivity contribution in [3.63, 3.8) is 0 Å². The van der Waals surface area contributed by atoms with Crippen molar-refractivity contribution in [2.45, 2.75) is 11.8 Å². The maximum atomic E-state index is 9.02. The summed E-state index contributed by atoms with van der Waals surface area (Å²) in [5, 5.41) is 9.79. The number of halogens is 1.